The molecule has 2 aliphatic heterocycles. The SMILES string of the molecule is CCOC(=O)C1CCN(c2cnc(C(=O)Nc3nc(-c4ccc(Cl)c(C(F)(F)F)c4)c(CN4CCCC(C)(OC)C4)s3)cn2)CC1. The van der Waals surface area contributed by atoms with E-state index in [1.165, 1.54) is 35.9 Å². The molecule has 1 N–H and O–H groups in total. The number of methoxy groups -OCH3 is 1. The Hall–Kier alpha value is -3.33. The van der Waals surface area contributed by atoms with Crippen molar-refractivity contribution in [3.05, 3.63) is 51.7 Å². The number of hydrogen-bond donors (Lipinski definition) is 1. The molecule has 46 heavy (non-hydrogen) atoms. The number of alkyl halides is 3. The second-order valence-electron chi connectivity index (χ2n) is 11.7. The van der Waals surface area contributed by atoms with Gasteiger partial charge in [-0.15, -0.1) is 0 Å². The molecule has 2 fully saturated rings. The van der Waals surface area contributed by atoms with Gasteiger partial charge in [0.15, 0.2) is 5.13 Å². The molecule has 2 aromatic heterocycles. The van der Waals surface area contributed by atoms with Crippen LogP contribution >= 0.6 is 22.9 Å². The number of likely N-dealkylation sites (tertiary alicyclic amines) is 1. The molecule has 10 nitrogen and oxygen atoms in total. The quantitative estimate of drug-likeness (QED) is 0.260. The topological polar surface area (TPSA) is 110 Å². The monoisotopic (exact) mass is 680 g/mol. The number of benzene rings is 1. The van der Waals surface area contributed by atoms with Gasteiger partial charge in [-0.25, -0.2) is 15.0 Å². The van der Waals surface area contributed by atoms with E-state index in [0.717, 1.165) is 25.5 Å². The number of nitrogens with zero attached hydrogens (tertiary/aromatic N) is 5. The van der Waals surface area contributed by atoms with Crippen LogP contribution in [0, 0.1) is 5.92 Å². The number of anilines is 2. The third-order valence-corrected chi connectivity index (χ3v) is 9.66. The van der Waals surface area contributed by atoms with Gasteiger partial charge in [0.25, 0.3) is 5.91 Å². The van der Waals surface area contributed by atoms with Gasteiger partial charge in [0.05, 0.1) is 46.8 Å². The molecule has 15 heteroatoms. The average molecular weight is 681 g/mol. The van der Waals surface area contributed by atoms with Crippen LogP contribution in [0.4, 0.5) is 24.1 Å². The van der Waals surface area contributed by atoms with Crippen molar-refractivity contribution < 1.29 is 32.2 Å². The van der Waals surface area contributed by atoms with E-state index < -0.39 is 22.7 Å². The number of esters is 1. The molecule has 0 radical (unpaired) electrons. The minimum Gasteiger partial charge on any atom is -0.466 e. The van der Waals surface area contributed by atoms with Gasteiger partial charge >= 0.3 is 12.1 Å². The Morgan fingerprint density at radius 2 is 1.93 bits per heavy atom. The van der Waals surface area contributed by atoms with E-state index in [0.29, 0.717) is 62.0 Å². The number of carbonyl (C=O) groups is 2. The Labute approximate surface area is 274 Å². The molecule has 1 amide bonds. The summed E-state index contributed by atoms with van der Waals surface area (Å²) in [6, 6.07) is 3.69. The Kier molecular flexibility index (Phi) is 10.5. The molecule has 3 aromatic rings. The van der Waals surface area contributed by atoms with Gasteiger partial charge in [-0.1, -0.05) is 29.0 Å². The second-order valence-corrected chi connectivity index (χ2v) is 13.2. The maximum absolute atomic E-state index is 13.7. The predicted molar refractivity (Wildman–Crippen MR) is 169 cm³/mol. The summed E-state index contributed by atoms with van der Waals surface area (Å²) in [5.74, 6) is -0.293. The van der Waals surface area contributed by atoms with Gasteiger partial charge in [0.2, 0.25) is 0 Å². The van der Waals surface area contributed by atoms with Crippen LogP contribution in [0.15, 0.2) is 30.6 Å². The molecule has 1 atom stereocenters. The van der Waals surface area contributed by atoms with Crippen LogP contribution in [-0.4, -0.2) is 77.2 Å². The van der Waals surface area contributed by atoms with E-state index in [1.54, 1.807) is 14.0 Å². The third-order valence-electron chi connectivity index (χ3n) is 8.37. The number of nitrogens with one attached hydrogen (secondary N) is 1. The van der Waals surface area contributed by atoms with Crippen LogP contribution in [0.3, 0.4) is 0 Å². The third kappa shape index (κ3) is 7.96. The summed E-state index contributed by atoms with van der Waals surface area (Å²) < 4.78 is 52.0. The first kappa shape index (κ1) is 34.0. The van der Waals surface area contributed by atoms with Crippen molar-refractivity contribution in [3.63, 3.8) is 0 Å². The number of thiazole rings is 1. The van der Waals surface area contributed by atoms with Crippen molar-refractivity contribution in [2.45, 2.75) is 57.9 Å². The minimum atomic E-state index is -4.64. The number of rotatable bonds is 9. The zero-order chi connectivity index (χ0) is 33.1. The summed E-state index contributed by atoms with van der Waals surface area (Å²) in [4.78, 5) is 43.4. The van der Waals surface area contributed by atoms with Crippen LogP contribution in [0.1, 0.15) is 60.5 Å². The van der Waals surface area contributed by atoms with E-state index in [1.807, 2.05) is 11.8 Å². The van der Waals surface area contributed by atoms with Crippen molar-refractivity contribution >= 4 is 45.8 Å². The van der Waals surface area contributed by atoms with Crippen molar-refractivity contribution in [2.24, 2.45) is 5.92 Å². The highest BCUT2D eigenvalue weighted by Gasteiger charge is 2.35. The summed E-state index contributed by atoms with van der Waals surface area (Å²) in [6.07, 6.45) is 1.30. The Bertz CT molecular complexity index is 1550. The fourth-order valence-electron chi connectivity index (χ4n) is 5.81. The van der Waals surface area contributed by atoms with Crippen LogP contribution in [0.25, 0.3) is 11.3 Å². The maximum Gasteiger partial charge on any atom is 0.417 e. The number of piperidine rings is 2. The lowest BCUT2D eigenvalue weighted by atomic mass is 9.94. The van der Waals surface area contributed by atoms with Crippen LogP contribution in [0.5, 0.6) is 0 Å². The zero-order valence-electron chi connectivity index (χ0n) is 25.8. The number of amides is 1. The molecule has 0 spiro atoms. The van der Waals surface area contributed by atoms with Gasteiger partial charge in [0.1, 0.15) is 11.5 Å². The zero-order valence-corrected chi connectivity index (χ0v) is 27.4. The van der Waals surface area contributed by atoms with E-state index in [4.69, 9.17) is 21.1 Å². The number of hydrogen-bond acceptors (Lipinski definition) is 10. The molecule has 5 rings (SSSR count). The van der Waals surface area contributed by atoms with Crippen molar-refractivity contribution in [1.82, 2.24) is 19.9 Å². The van der Waals surface area contributed by atoms with E-state index in [-0.39, 0.29) is 33.9 Å². The summed E-state index contributed by atoms with van der Waals surface area (Å²) in [7, 11) is 1.67. The smallest absolute Gasteiger partial charge is 0.417 e. The Morgan fingerprint density at radius 3 is 2.59 bits per heavy atom. The van der Waals surface area contributed by atoms with Crippen LogP contribution in [0.2, 0.25) is 5.02 Å². The molecule has 248 valence electrons. The highest BCUT2D eigenvalue weighted by molar-refractivity contribution is 7.16. The summed E-state index contributed by atoms with van der Waals surface area (Å²) in [5.41, 5.74) is -0.667. The molecule has 4 heterocycles. The first-order valence-electron chi connectivity index (χ1n) is 15.1. The average Bonchev–Trinajstić information content (AvgIpc) is 3.42. The molecular formula is C31H36ClF3N6O4S. The van der Waals surface area contributed by atoms with E-state index in [2.05, 4.69) is 25.2 Å². The standard InChI is InChI=1S/C31H36ClF3N6O4S/c1-4-45-28(43)19-8-12-41(13-9-19)25-16-36-23(15-37-25)27(42)39-29-38-26(20-6-7-22(32)21(14-20)31(33,34)35)24(46-29)17-40-11-5-10-30(2,18-40)44-3/h6-7,14-16,19H,4-5,8-13,17-18H2,1-3H3,(H,38,39,42). The lowest BCUT2D eigenvalue weighted by molar-refractivity contribution is -0.148. The van der Waals surface area contributed by atoms with Crippen molar-refractivity contribution in [3.8, 4) is 11.3 Å². The maximum atomic E-state index is 13.7. The molecule has 0 aliphatic carbocycles. The molecule has 1 unspecified atom stereocenters. The number of carbonyl (C=O) groups excluding carboxylic acids is 2. The number of ether oxygens (including phenoxy) is 2. The van der Waals surface area contributed by atoms with Crippen molar-refractivity contribution in [2.75, 3.05) is 50.1 Å². The van der Waals surface area contributed by atoms with Gasteiger partial charge < -0.3 is 14.4 Å². The van der Waals surface area contributed by atoms with Gasteiger partial charge in [-0.3, -0.25) is 19.8 Å². The van der Waals surface area contributed by atoms with Crippen molar-refractivity contribution in [1.29, 1.82) is 0 Å². The largest absolute Gasteiger partial charge is 0.466 e. The van der Waals surface area contributed by atoms with E-state index in [9.17, 15) is 22.8 Å². The van der Waals surface area contributed by atoms with Gasteiger partial charge in [-0.2, -0.15) is 13.2 Å². The molecule has 1 aromatic carbocycles. The summed E-state index contributed by atoms with van der Waals surface area (Å²) in [5, 5.41) is 2.56. The predicted octanol–water partition coefficient (Wildman–Crippen LogP) is 6.31. The molecule has 2 aliphatic rings. The highest BCUT2D eigenvalue weighted by atomic mass is 35.5. The molecule has 0 bridgehead atoms. The summed E-state index contributed by atoms with van der Waals surface area (Å²) >= 11 is 7.09. The molecular weight excluding hydrogens is 645 g/mol. The lowest BCUT2D eigenvalue weighted by Crippen LogP contribution is -2.46. The normalized spacial score (nSPS) is 19.7. The fraction of sp³-hybridized carbons (Fsp3) is 0.516. The first-order chi connectivity index (χ1) is 21.9. The minimum absolute atomic E-state index is 0.0567. The lowest BCUT2D eigenvalue weighted by Gasteiger charge is -2.39. The molecule has 0 saturated carbocycles. The van der Waals surface area contributed by atoms with Crippen LogP contribution < -0.4 is 10.2 Å². The molecule has 2 saturated heterocycles. The van der Waals surface area contributed by atoms with Gasteiger partial charge in [-0.05, 0) is 58.2 Å². The van der Waals surface area contributed by atoms with E-state index >= 15 is 0 Å². The highest BCUT2D eigenvalue weighted by Crippen LogP contribution is 2.40. The first-order valence-corrected chi connectivity index (χ1v) is 16.3. The van der Waals surface area contributed by atoms with Gasteiger partial charge in [0, 0.05) is 43.7 Å². The fourth-order valence-corrected chi connectivity index (χ4v) is 7.05. The Morgan fingerprint density at radius 1 is 1.17 bits per heavy atom. The summed E-state index contributed by atoms with van der Waals surface area (Å²) in [6.45, 7) is 7.22. The van der Waals surface area contributed by atoms with Crippen LogP contribution in [-0.2, 0) is 27.0 Å². The number of halogens is 4. The number of aromatic nitrogens is 3. The second kappa shape index (κ2) is 14.2. The Balaban J connectivity index is 1.34.